The second kappa shape index (κ2) is 10.6. The molecule has 0 unspecified atom stereocenters. The maximum absolute atomic E-state index is 13.4. The molecule has 0 aliphatic heterocycles. The normalized spacial score (nSPS) is 11.5. The molecule has 0 radical (unpaired) electrons. The molecule has 3 aromatic carbocycles. The lowest BCUT2D eigenvalue weighted by atomic mass is 10.1. The third-order valence-electron chi connectivity index (χ3n) is 5.67. The maximum atomic E-state index is 13.4. The van der Waals surface area contributed by atoms with Crippen molar-refractivity contribution in [1.82, 2.24) is 15.1 Å². The Kier molecular flexibility index (Phi) is 7.51. The van der Waals surface area contributed by atoms with Crippen molar-refractivity contribution < 1.29 is 27.5 Å². The van der Waals surface area contributed by atoms with Gasteiger partial charge < -0.3 is 15.4 Å². The second-order valence-electron chi connectivity index (χ2n) is 8.27. The Morgan fingerprint density at radius 3 is 2.62 bits per heavy atom. The standard InChI is InChI=1S/C26H22ClF3N4O3/c1-15-6-8-17(11-20(15)26(28,29)30)34-23-5-3-4-22(19(23)13-32-34)33-25(36)18-10-16(7-9-21(18)27)12-31-24(35)14-37-2/h3-11,13H,12,14H2,1-2H3,(H,31,35)(H,33,36). The van der Waals surface area contributed by atoms with Gasteiger partial charge in [0.05, 0.1) is 39.2 Å². The number of carbonyl (C=O) groups excluding carboxylic acids is 2. The van der Waals surface area contributed by atoms with Crippen LogP contribution in [0.4, 0.5) is 18.9 Å². The number of anilines is 1. The largest absolute Gasteiger partial charge is 0.416 e. The Bertz CT molecular complexity index is 1480. The molecule has 0 saturated carbocycles. The predicted octanol–water partition coefficient (Wildman–Crippen LogP) is 5.52. The van der Waals surface area contributed by atoms with Crippen LogP contribution in [0.1, 0.15) is 27.0 Å². The van der Waals surface area contributed by atoms with Crippen LogP contribution in [0.15, 0.2) is 60.8 Å². The number of halogens is 4. The molecule has 0 aliphatic carbocycles. The summed E-state index contributed by atoms with van der Waals surface area (Å²) in [5, 5.41) is 10.5. The molecule has 0 bridgehead atoms. The van der Waals surface area contributed by atoms with Gasteiger partial charge in [0, 0.05) is 19.0 Å². The fourth-order valence-electron chi connectivity index (χ4n) is 3.84. The topological polar surface area (TPSA) is 85.2 Å². The molecule has 7 nitrogen and oxygen atoms in total. The molecule has 0 aliphatic rings. The van der Waals surface area contributed by atoms with E-state index in [2.05, 4.69) is 15.7 Å². The van der Waals surface area contributed by atoms with Gasteiger partial charge >= 0.3 is 6.18 Å². The van der Waals surface area contributed by atoms with E-state index in [1.54, 1.807) is 42.5 Å². The smallest absolute Gasteiger partial charge is 0.375 e. The first-order valence-corrected chi connectivity index (χ1v) is 11.5. The molecular formula is C26H22ClF3N4O3. The number of alkyl halides is 3. The first kappa shape index (κ1) is 26.2. The molecule has 1 aromatic heterocycles. The third-order valence-corrected chi connectivity index (χ3v) is 6.00. The van der Waals surface area contributed by atoms with E-state index in [9.17, 15) is 22.8 Å². The molecule has 4 rings (SSSR count). The highest BCUT2D eigenvalue weighted by Gasteiger charge is 2.32. The lowest BCUT2D eigenvalue weighted by Gasteiger charge is -2.13. The summed E-state index contributed by atoms with van der Waals surface area (Å²) in [6, 6.07) is 13.8. The van der Waals surface area contributed by atoms with Gasteiger partial charge in [-0.25, -0.2) is 4.68 Å². The number of aromatic nitrogens is 2. The number of nitrogens with one attached hydrogen (secondary N) is 2. The average Bonchev–Trinajstić information content (AvgIpc) is 3.28. The van der Waals surface area contributed by atoms with Crippen molar-refractivity contribution in [3.05, 3.63) is 88.1 Å². The SMILES string of the molecule is COCC(=O)NCc1ccc(Cl)c(C(=O)Nc2cccc3c2cnn3-c2ccc(C)c(C(F)(F)F)c2)c1. The van der Waals surface area contributed by atoms with Crippen LogP contribution in [-0.2, 0) is 22.3 Å². The molecule has 0 atom stereocenters. The van der Waals surface area contributed by atoms with Crippen molar-refractivity contribution in [3.8, 4) is 5.69 Å². The van der Waals surface area contributed by atoms with Crippen molar-refractivity contribution in [2.24, 2.45) is 0 Å². The molecule has 2 N–H and O–H groups in total. The van der Waals surface area contributed by atoms with Gasteiger partial charge in [0.15, 0.2) is 0 Å². The highest BCUT2D eigenvalue weighted by Crippen LogP contribution is 2.34. The summed E-state index contributed by atoms with van der Waals surface area (Å²) in [6.45, 7) is 1.49. The minimum Gasteiger partial charge on any atom is -0.375 e. The van der Waals surface area contributed by atoms with Crippen LogP contribution in [-0.4, -0.2) is 35.3 Å². The number of rotatable bonds is 7. The Hall–Kier alpha value is -3.89. The number of carbonyl (C=O) groups is 2. The second-order valence-corrected chi connectivity index (χ2v) is 8.68. The number of ether oxygens (including phenoxy) is 1. The number of hydrogen-bond donors (Lipinski definition) is 2. The van der Waals surface area contributed by atoms with E-state index in [4.69, 9.17) is 16.3 Å². The molecule has 2 amide bonds. The summed E-state index contributed by atoms with van der Waals surface area (Å²) in [5.41, 5.74) is 1.37. The summed E-state index contributed by atoms with van der Waals surface area (Å²) in [7, 11) is 1.41. The zero-order valence-electron chi connectivity index (χ0n) is 19.8. The Balaban J connectivity index is 1.61. The van der Waals surface area contributed by atoms with Gasteiger partial charge in [-0.15, -0.1) is 0 Å². The molecule has 4 aromatic rings. The van der Waals surface area contributed by atoms with Gasteiger partial charge in [-0.2, -0.15) is 18.3 Å². The summed E-state index contributed by atoms with van der Waals surface area (Å²) >= 11 is 6.26. The zero-order valence-corrected chi connectivity index (χ0v) is 20.6. The zero-order chi connectivity index (χ0) is 26.7. The number of aryl methyl sites for hydroxylation is 1. The molecule has 1 heterocycles. The van der Waals surface area contributed by atoms with Gasteiger partial charge in [0.1, 0.15) is 6.61 Å². The quantitative estimate of drug-likeness (QED) is 0.329. The number of amides is 2. The monoisotopic (exact) mass is 530 g/mol. The van der Waals surface area contributed by atoms with E-state index in [1.165, 1.54) is 31.0 Å². The van der Waals surface area contributed by atoms with E-state index < -0.39 is 17.6 Å². The van der Waals surface area contributed by atoms with Crippen molar-refractivity contribution in [3.63, 3.8) is 0 Å². The fraction of sp³-hybridized carbons (Fsp3) is 0.192. The van der Waals surface area contributed by atoms with Crippen molar-refractivity contribution in [1.29, 1.82) is 0 Å². The van der Waals surface area contributed by atoms with Crippen LogP contribution in [0, 0.1) is 6.92 Å². The average molecular weight is 531 g/mol. The van der Waals surface area contributed by atoms with Crippen molar-refractivity contribution in [2.75, 3.05) is 19.0 Å². The molecule has 0 spiro atoms. The molecular weight excluding hydrogens is 509 g/mol. The van der Waals surface area contributed by atoms with E-state index in [1.807, 2.05) is 0 Å². The summed E-state index contributed by atoms with van der Waals surface area (Å²) < 4.78 is 46.4. The van der Waals surface area contributed by atoms with E-state index in [-0.39, 0.29) is 40.9 Å². The number of benzene rings is 3. The lowest BCUT2D eigenvalue weighted by molar-refractivity contribution is -0.138. The molecule has 0 saturated heterocycles. The predicted molar refractivity (Wildman–Crippen MR) is 134 cm³/mol. The van der Waals surface area contributed by atoms with Crippen LogP contribution in [0.25, 0.3) is 16.6 Å². The number of methoxy groups -OCH3 is 1. The molecule has 11 heteroatoms. The highest BCUT2D eigenvalue weighted by molar-refractivity contribution is 6.34. The number of fused-ring (bicyclic) bond motifs is 1. The van der Waals surface area contributed by atoms with Gasteiger partial charge in [0.25, 0.3) is 5.91 Å². The fourth-order valence-corrected chi connectivity index (χ4v) is 4.05. The van der Waals surface area contributed by atoms with Gasteiger partial charge in [-0.3, -0.25) is 9.59 Å². The first-order valence-electron chi connectivity index (χ1n) is 11.1. The minimum absolute atomic E-state index is 0.0846. The lowest BCUT2D eigenvalue weighted by Crippen LogP contribution is -2.26. The Morgan fingerprint density at radius 1 is 1.11 bits per heavy atom. The van der Waals surface area contributed by atoms with E-state index in [0.717, 1.165) is 6.07 Å². The maximum Gasteiger partial charge on any atom is 0.416 e. The van der Waals surface area contributed by atoms with Gasteiger partial charge in [-0.1, -0.05) is 29.8 Å². The minimum atomic E-state index is -4.50. The van der Waals surface area contributed by atoms with Crippen LogP contribution in [0.2, 0.25) is 5.02 Å². The highest BCUT2D eigenvalue weighted by atomic mass is 35.5. The van der Waals surface area contributed by atoms with E-state index in [0.29, 0.717) is 22.2 Å². The van der Waals surface area contributed by atoms with E-state index >= 15 is 0 Å². The van der Waals surface area contributed by atoms with Crippen molar-refractivity contribution in [2.45, 2.75) is 19.6 Å². The van der Waals surface area contributed by atoms with Crippen molar-refractivity contribution >= 4 is 40.0 Å². The van der Waals surface area contributed by atoms with Gasteiger partial charge in [0.2, 0.25) is 5.91 Å². The number of nitrogens with zero attached hydrogens (tertiary/aromatic N) is 2. The third kappa shape index (κ3) is 5.76. The summed E-state index contributed by atoms with van der Waals surface area (Å²) in [6.07, 6.45) is -3.02. The number of hydrogen-bond acceptors (Lipinski definition) is 4. The van der Waals surface area contributed by atoms with Crippen LogP contribution in [0.5, 0.6) is 0 Å². The van der Waals surface area contributed by atoms with Crippen LogP contribution in [0.3, 0.4) is 0 Å². The molecule has 0 fully saturated rings. The Labute approximate surface area is 215 Å². The first-order chi connectivity index (χ1) is 17.6. The van der Waals surface area contributed by atoms with Crippen LogP contribution >= 0.6 is 11.6 Å². The van der Waals surface area contributed by atoms with Gasteiger partial charge in [-0.05, 0) is 54.4 Å². The Morgan fingerprint density at radius 2 is 1.89 bits per heavy atom. The van der Waals surface area contributed by atoms with Crippen LogP contribution < -0.4 is 10.6 Å². The molecule has 192 valence electrons. The molecule has 37 heavy (non-hydrogen) atoms. The summed E-state index contributed by atoms with van der Waals surface area (Å²) in [5.74, 6) is -0.798. The summed E-state index contributed by atoms with van der Waals surface area (Å²) in [4.78, 5) is 24.7.